The number of aryl methyl sites for hydroxylation is 1. The Morgan fingerprint density at radius 1 is 1.00 bits per heavy atom. The minimum Gasteiger partial charge on any atom is -0.494 e. The molecule has 3 rings (SSSR count). The Labute approximate surface area is 196 Å². The standard InChI is InChI=1S/C26H30N2O4S/c1-5-32-25-16-12-21(13-17-25)20(3)27-26(29)22-10-14-24(15-11-22)28(33(4,30)31)18-23-9-7-6-8-19(23)2/h6-17,20H,5,18H2,1-4H3,(H,27,29)/t20-/m0/s1. The third kappa shape index (κ3) is 6.35. The van der Waals surface area contributed by atoms with Crippen molar-refractivity contribution >= 4 is 21.6 Å². The van der Waals surface area contributed by atoms with Crippen molar-refractivity contribution in [3.8, 4) is 5.75 Å². The minimum absolute atomic E-state index is 0.193. The van der Waals surface area contributed by atoms with Gasteiger partial charge in [-0.3, -0.25) is 9.10 Å². The number of rotatable bonds is 9. The number of nitrogens with zero attached hydrogens (tertiary/aromatic N) is 1. The van der Waals surface area contributed by atoms with Crippen LogP contribution in [0.2, 0.25) is 0 Å². The number of hydrogen-bond acceptors (Lipinski definition) is 4. The molecule has 0 radical (unpaired) electrons. The van der Waals surface area contributed by atoms with Crippen LogP contribution < -0.4 is 14.4 Å². The van der Waals surface area contributed by atoms with E-state index in [1.165, 1.54) is 10.6 Å². The third-order valence-corrected chi connectivity index (χ3v) is 6.57. The second kappa shape index (κ2) is 10.5. The molecular weight excluding hydrogens is 436 g/mol. The lowest BCUT2D eigenvalue weighted by Crippen LogP contribution is -2.30. The van der Waals surface area contributed by atoms with Crippen LogP contribution in [0.15, 0.2) is 72.8 Å². The molecule has 0 aliphatic rings. The minimum atomic E-state index is -3.51. The molecule has 0 saturated carbocycles. The molecule has 0 unspecified atom stereocenters. The summed E-state index contributed by atoms with van der Waals surface area (Å²) in [7, 11) is -3.51. The Morgan fingerprint density at radius 3 is 2.21 bits per heavy atom. The lowest BCUT2D eigenvalue weighted by molar-refractivity contribution is 0.0940. The maximum absolute atomic E-state index is 12.7. The van der Waals surface area contributed by atoms with Crippen LogP contribution in [-0.2, 0) is 16.6 Å². The number of ether oxygens (including phenoxy) is 1. The maximum Gasteiger partial charge on any atom is 0.251 e. The number of anilines is 1. The van der Waals surface area contributed by atoms with Gasteiger partial charge in [0.2, 0.25) is 10.0 Å². The van der Waals surface area contributed by atoms with Gasteiger partial charge in [-0.1, -0.05) is 36.4 Å². The average Bonchev–Trinajstić information content (AvgIpc) is 2.78. The van der Waals surface area contributed by atoms with Crippen LogP contribution in [0.25, 0.3) is 0 Å². The number of carbonyl (C=O) groups is 1. The highest BCUT2D eigenvalue weighted by Gasteiger charge is 2.19. The molecule has 3 aromatic rings. The number of amides is 1. The fourth-order valence-corrected chi connectivity index (χ4v) is 4.38. The van der Waals surface area contributed by atoms with Crippen LogP contribution in [0.1, 0.15) is 46.9 Å². The summed E-state index contributed by atoms with van der Waals surface area (Å²) in [4.78, 5) is 12.7. The summed E-state index contributed by atoms with van der Waals surface area (Å²) in [5.74, 6) is 0.559. The highest BCUT2D eigenvalue weighted by molar-refractivity contribution is 7.92. The van der Waals surface area contributed by atoms with Gasteiger partial charge in [-0.15, -0.1) is 0 Å². The van der Waals surface area contributed by atoms with Crippen LogP contribution in [0, 0.1) is 6.92 Å². The molecule has 1 N–H and O–H groups in total. The zero-order valence-electron chi connectivity index (χ0n) is 19.4. The first-order valence-electron chi connectivity index (χ1n) is 10.8. The normalized spacial score (nSPS) is 12.1. The van der Waals surface area contributed by atoms with Gasteiger partial charge < -0.3 is 10.1 Å². The van der Waals surface area contributed by atoms with Gasteiger partial charge in [-0.2, -0.15) is 0 Å². The van der Waals surface area contributed by atoms with Crippen LogP contribution >= 0.6 is 0 Å². The molecule has 0 aromatic heterocycles. The first-order valence-corrected chi connectivity index (χ1v) is 12.7. The van der Waals surface area contributed by atoms with E-state index in [0.29, 0.717) is 17.9 Å². The van der Waals surface area contributed by atoms with Gasteiger partial charge in [0.1, 0.15) is 5.75 Å². The first kappa shape index (κ1) is 24.3. The molecule has 0 aliphatic carbocycles. The van der Waals surface area contributed by atoms with Gasteiger partial charge in [0.15, 0.2) is 0 Å². The van der Waals surface area contributed by atoms with Gasteiger partial charge in [-0.05, 0) is 73.9 Å². The van der Waals surface area contributed by atoms with E-state index in [4.69, 9.17) is 4.74 Å². The summed E-state index contributed by atoms with van der Waals surface area (Å²) in [6.45, 7) is 6.62. The summed E-state index contributed by atoms with van der Waals surface area (Å²) < 4.78 is 31.7. The van der Waals surface area contributed by atoms with E-state index in [1.54, 1.807) is 24.3 Å². The van der Waals surface area contributed by atoms with Crippen LogP contribution in [0.5, 0.6) is 5.75 Å². The quantitative estimate of drug-likeness (QED) is 0.489. The molecule has 174 valence electrons. The van der Waals surface area contributed by atoms with Crippen molar-refractivity contribution in [3.63, 3.8) is 0 Å². The van der Waals surface area contributed by atoms with E-state index in [0.717, 1.165) is 22.4 Å². The molecule has 3 aromatic carbocycles. The van der Waals surface area contributed by atoms with E-state index in [-0.39, 0.29) is 18.5 Å². The summed E-state index contributed by atoms with van der Waals surface area (Å²) in [5, 5.41) is 2.98. The Hall–Kier alpha value is -3.32. The monoisotopic (exact) mass is 466 g/mol. The fourth-order valence-electron chi connectivity index (χ4n) is 3.50. The van der Waals surface area contributed by atoms with E-state index < -0.39 is 10.0 Å². The molecule has 7 heteroatoms. The van der Waals surface area contributed by atoms with Crippen molar-refractivity contribution in [2.75, 3.05) is 17.2 Å². The van der Waals surface area contributed by atoms with Crippen LogP contribution in [0.4, 0.5) is 5.69 Å². The lowest BCUT2D eigenvalue weighted by atomic mass is 10.1. The Kier molecular flexibility index (Phi) is 7.76. The Balaban J connectivity index is 1.73. The molecule has 0 aliphatic heterocycles. The molecule has 1 atom stereocenters. The second-order valence-corrected chi connectivity index (χ2v) is 9.85. The summed E-state index contributed by atoms with van der Waals surface area (Å²) in [5.41, 5.74) is 3.88. The highest BCUT2D eigenvalue weighted by atomic mass is 32.2. The summed E-state index contributed by atoms with van der Waals surface area (Å²) in [6.07, 6.45) is 1.18. The molecule has 33 heavy (non-hydrogen) atoms. The van der Waals surface area contributed by atoms with Crippen molar-refractivity contribution in [2.24, 2.45) is 0 Å². The number of carbonyl (C=O) groups excluding carboxylic acids is 1. The number of nitrogens with one attached hydrogen (secondary N) is 1. The van der Waals surface area contributed by atoms with E-state index in [9.17, 15) is 13.2 Å². The molecule has 0 saturated heterocycles. The number of hydrogen-bond donors (Lipinski definition) is 1. The Morgan fingerprint density at radius 2 is 1.64 bits per heavy atom. The van der Waals surface area contributed by atoms with Gasteiger partial charge in [0.25, 0.3) is 5.91 Å². The van der Waals surface area contributed by atoms with Gasteiger partial charge in [0.05, 0.1) is 31.1 Å². The maximum atomic E-state index is 12.7. The molecule has 0 heterocycles. The topological polar surface area (TPSA) is 75.7 Å². The predicted octanol–water partition coefficient (Wildman–Crippen LogP) is 4.85. The van der Waals surface area contributed by atoms with Crippen molar-refractivity contribution in [2.45, 2.75) is 33.4 Å². The summed E-state index contributed by atoms with van der Waals surface area (Å²) >= 11 is 0. The zero-order chi connectivity index (χ0) is 24.0. The van der Waals surface area contributed by atoms with E-state index >= 15 is 0 Å². The Bertz CT molecular complexity index is 1190. The van der Waals surface area contributed by atoms with Gasteiger partial charge in [-0.25, -0.2) is 8.42 Å². The molecule has 6 nitrogen and oxygen atoms in total. The predicted molar refractivity (Wildman–Crippen MR) is 132 cm³/mol. The smallest absolute Gasteiger partial charge is 0.251 e. The molecule has 0 spiro atoms. The van der Waals surface area contributed by atoms with Gasteiger partial charge in [0, 0.05) is 5.56 Å². The van der Waals surface area contributed by atoms with Crippen LogP contribution in [0.3, 0.4) is 0 Å². The molecule has 1 amide bonds. The summed E-state index contributed by atoms with van der Waals surface area (Å²) in [6, 6.07) is 21.7. The largest absolute Gasteiger partial charge is 0.494 e. The number of sulfonamides is 1. The van der Waals surface area contributed by atoms with Crippen molar-refractivity contribution in [1.29, 1.82) is 0 Å². The second-order valence-electron chi connectivity index (χ2n) is 7.94. The average molecular weight is 467 g/mol. The van der Waals surface area contributed by atoms with Crippen molar-refractivity contribution in [1.82, 2.24) is 5.32 Å². The zero-order valence-corrected chi connectivity index (χ0v) is 20.2. The molecule has 0 fully saturated rings. The lowest BCUT2D eigenvalue weighted by Gasteiger charge is -2.23. The van der Waals surface area contributed by atoms with Crippen LogP contribution in [-0.4, -0.2) is 27.2 Å². The van der Waals surface area contributed by atoms with Crippen molar-refractivity contribution in [3.05, 3.63) is 95.1 Å². The third-order valence-electron chi connectivity index (χ3n) is 5.43. The number of benzene rings is 3. The van der Waals surface area contributed by atoms with Crippen molar-refractivity contribution < 1.29 is 17.9 Å². The SMILES string of the molecule is CCOc1ccc([C@H](C)NC(=O)c2ccc(N(Cc3ccccc3C)S(C)(=O)=O)cc2)cc1. The molecule has 0 bridgehead atoms. The van der Waals surface area contributed by atoms with Gasteiger partial charge >= 0.3 is 0 Å². The fraction of sp³-hybridized carbons (Fsp3) is 0.269. The highest BCUT2D eigenvalue weighted by Crippen LogP contribution is 2.23. The first-order chi connectivity index (χ1) is 15.7. The molecular formula is C26H30N2O4S. The van der Waals surface area contributed by atoms with E-state index in [1.807, 2.05) is 69.3 Å². The van der Waals surface area contributed by atoms with E-state index in [2.05, 4.69) is 5.32 Å².